The SMILES string of the molecule is Cc1[nH]ncc1S(=O)(=O)NCCNC(=O)C1CC1. The Balaban J connectivity index is 1.79. The summed E-state index contributed by atoms with van der Waals surface area (Å²) in [5.74, 6) is 0.145. The minimum absolute atomic E-state index is 0.00805. The molecule has 0 aliphatic heterocycles. The van der Waals surface area contributed by atoms with Crippen LogP contribution in [0.5, 0.6) is 0 Å². The van der Waals surface area contributed by atoms with Gasteiger partial charge in [-0.15, -0.1) is 0 Å². The summed E-state index contributed by atoms with van der Waals surface area (Å²) in [7, 11) is -3.55. The molecule has 2 rings (SSSR count). The highest BCUT2D eigenvalue weighted by molar-refractivity contribution is 7.89. The number of H-pyrrole nitrogens is 1. The minimum atomic E-state index is -3.55. The smallest absolute Gasteiger partial charge is 0.244 e. The molecule has 1 aromatic rings. The largest absolute Gasteiger partial charge is 0.355 e. The molecule has 7 nitrogen and oxygen atoms in total. The van der Waals surface area contributed by atoms with Gasteiger partial charge < -0.3 is 5.32 Å². The number of sulfonamides is 1. The summed E-state index contributed by atoms with van der Waals surface area (Å²) in [6.07, 6.45) is 3.14. The second kappa shape index (κ2) is 5.07. The molecule has 0 atom stereocenters. The van der Waals surface area contributed by atoms with Gasteiger partial charge in [-0.1, -0.05) is 0 Å². The first kappa shape index (κ1) is 13.0. The van der Waals surface area contributed by atoms with Gasteiger partial charge in [0.2, 0.25) is 15.9 Å². The number of carbonyl (C=O) groups is 1. The molecule has 8 heteroatoms. The van der Waals surface area contributed by atoms with E-state index in [9.17, 15) is 13.2 Å². The quantitative estimate of drug-likeness (QED) is 0.608. The van der Waals surface area contributed by atoms with Crippen molar-refractivity contribution in [2.24, 2.45) is 5.92 Å². The number of amides is 1. The van der Waals surface area contributed by atoms with Crippen LogP contribution in [0.1, 0.15) is 18.5 Å². The fourth-order valence-electron chi connectivity index (χ4n) is 1.55. The van der Waals surface area contributed by atoms with Crippen LogP contribution in [-0.2, 0) is 14.8 Å². The van der Waals surface area contributed by atoms with Crippen LogP contribution in [0.3, 0.4) is 0 Å². The van der Waals surface area contributed by atoms with Gasteiger partial charge in [-0.2, -0.15) is 5.10 Å². The van der Waals surface area contributed by atoms with Gasteiger partial charge in [0, 0.05) is 19.0 Å². The summed E-state index contributed by atoms with van der Waals surface area (Å²) in [6, 6.07) is 0. The average molecular weight is 272 g/mol. The molecule has 0 spiro atoms. The van der Waals surface area contributed by atoms with E-state index in [1.807, 2.05) is 0 Å². The lowest BCUT2D eigenvalue weighted by atomic mass is 10.4. The Morgan fingerprint density at radius 2 is 2.22 bits per heavy atom. The van der Waals surface area contributed by atoms with E-state index in [-0.39, 0.29) is 23.3 Å². The molecule has 0 aromatic carbocycles. The van der Waals surface area contributed by atoms with Crippen molar-refractivity contribution in [1.29, 1.82) is 0 Å². The van der Waals surface area contributed by atoms with Gasteiger partial charge >= 0.3 is 0 Å². The van der Waals surface area contributed by atoms with Crippen LogP contribution in [0.4, 0.5) is 0 Å². The molecule has 0 saturated heterocycles. The van der Waals surface area contributed by atoms with Crippen molar-refractivity contribution < 1.29 is 13.2 Å². The molecule has 1 heterocycles. The van der Waals surface area contributed by atoms with E-state index >= 15 is 0 Å². The molecule has 1 aliphatic carbocycles. The first-order valence-corrected chi connectivity index (χ1v) is 7.26. The molecular formula is C10H16N4O3S. The van der Waals surface area contributed by atoms with E-state index in [2.05, 4.69) is 20.2 Å². The summed E-state index contributed by atoms with van der Waals surface area (Å²) in [6.45, 7) is 2.10. The molecule has 1 aliphatic rings. The van der Waals surface area contributed by atoms with Gasteiger partial charge in [-0.05, 0) is 19.8 Å². The van der Waals surface area contributed by atoms with Gasteiger partial charge in [-0.25, -0.2) is 13.1 Å². The lowest BCUT2D eigenvalue weighted by Gasteiger charge is -2.06. The van der Waals surface area contributed by atoms with Crippen molar-refractivity contribution in [2.45, 2.75) is 24.7 Å². The zero-order chi connectivity index (χ0) is 13.2. The fourth-order valence-corrected chi connectivity index (χ4v) is 2.72. The van der Waals surface area contributed by atoms with Crippen molar-refractivity contribution in [2.75, 3.05) is 13.1 Å². The van der Waals surface area contributed by atoms with Crippen LogP contribution in [0.25, 0.3) is 0 Å². The number of carbonyl (C=O) groups excluding carboxylic acids is 1. The van der Waals surface area contributed by atoms with E-state index in [1.54, 1.807) is 6.92 Å². The number of nitrogens with one attached hydrogen (secondary N) is 3. The molecule has 0 bridgehead atoms. The van der Waals surface area contributed by atoms with E-state index < -0.39 is 10.0 Å². The zero-order valence-electron chi connectivity index (χ0n) is 10.1. The van der Waals surface area contributed by atoms with Gasteiger partial charge in [0.25, 0.3) is 0 Å². The van der Waals surface area contributed by atoms with Crippen molar-refractivity contribution in [3.8, 4) is 0 Å². The number of aryl methyl sites for hydroxylation is 1. The van der Waals surface area contributed by atoms with Crippen LogP contribution in [0.2, 0.25) is 0 Å². The van der Waals surface area contributed by atoms with Crippen molar-refractivity contribution >= 4 is 15.9 Å². The standard InChI is InChI=1S/C10H16N4O3S/c1-7-9(6-12-14-7)18(16,17)13-5-4-11-10(15)8-2-3-8/h6,8,13H,2-5H2,1H3,(H,11,15)(H,12,14). The van der Waals surface area contributed by atoms with Gasteiger partial charge in [-0.3, -0.25) is 9.89 Å². The van der Waals surface area contributed by atoms with Crippen LogP contribution in [0.15, 0.2) is 11.1 Å². The Labute approximate surface area is 105 Å². The summed E-state index contributed by atoms with van der Waals surface area (Å²) in [5, 5.41) is 8.92. The second-order valence-corrected chi connectivity index (χ2v) is 6.06. The molecule has 1 saturated carbocycles. The first-order valence-electron chi connectivity index (χ1n) is 5.78. The predicted molar refractivity (Wildman–Crippen MR) is 64.2 cm³/mol. The molecular weight excluding hydrogens is 256 g/mol. The Morgan fingerprint density at radius 3 is 2.78 bits per heavy atom. The topological polar surface area (TPSA) is 104 Å². The van der Waals surface area contributed by atoms with Gasteiger partial charge in [0.15, 0.2) is 0 Å². The highest BCUT2D eigenvalue weighted by atomic mass is 32.2. The number of hydrogen-bond acceptors (Lipinski definition) is 4. The van der Waals surface area contributed by atoms with Crippen LogP contribution >= 0.6 is 0 Å². The van der Waals surface area contributed by atoms with E-state index in [4.69, 9.17) is 0 Å². The van der Waals surface area contributed by atoms with E-state index in [0.29, 0.717) is 12.2 Å². The zero-order valence-corrected chi connectivity index (χ0v) is 10.9. The lowest BCUT2D eigenvalue weighted by molar-refractivity contribution is -0.122. The third kappa shape index (κ3) is 3.08. The third-order valence-corrected chi connectivity index (χ3v) is 4.31. The monoisotopic (exact) mass is 272 g/mol. The number of aromatic nitrogens is 2. The van der Waals surface area contributed by atoms with Crippen molar-refractivity contribution in [3.05, 3.63) is 11.9 Å². The summed E-state index contributed by atoms with van der Waals surface area (Å²) < 4.78 is 26.1. The number of nitrogens with zero attached hydrogens (tertiary/aromatic N) is 1. The normalized spacial score (nSPS) is 15.6. The summed E-state index contributed by atoms with van der Waals surface area (Å²) >= 11 is 0. The van der Waals surface area contributed by atoms with Gasteiger partial charge in [0.1, 0.15) is 4.90 Å². The maximum absolute atomic E-state index is 11.8. The highest BCUT2D eigenvalue weighted by Gasteiger charge is 2.29. The molecule has 3 N–H and O–H groups in total. The molecule has 1 amide bonds. The van der Waals surface area contributed by atoms with E-state index in [0.717, 1.165) is 12.8 Å². The second-order valence-electron chi connectivity index (χ2n) is 4.32. The maximum Gasteiger partial charge on any atom is 0.244 e. The summed E-state index contributed by atoms with van der Waals surface area (Å²) in [5.41, 5.74) is 0.490. The molecule has 0 radical (unpaired) electrons. The van der Waals surface area contributed by atoms with E-state index in [1.165, 1.54) is 6.20 Å². The first-order chi connectivity index (χ1) is 8.50. The average Bonchev–Trinajstić information content (AvgIpc) is 3.07. The van der Waals surface area contributed by atoms with Crippen LogP contribution < -0.4 is 10.0 Å². The Bertz CT molecular complexity index is 533. The number of hydrogen-bond donors (Lipinski definition) is 3. The molecule has 0 unspecified atom stereocenters. The van der Waals surface area contributed by atoms with Gasteiger partial charge in [0.05, 0.1) is 11.9 Å². The highest BCUT2D eigenvalue weighted by Crippen LogP contribution is 2.28. The Hall–Kier alpha value is -1.41. The summed E-state index contributed by atoms with van der Waals surface area (Å²) in [4.78, 5) is 11.4. The van der Waals surface area contributed by atoms with Crippen molar-refractivity contribution in [1.82, 2.24) is 20.2 Å². The van der Waals surface area contributed by atoms with Crippen molar-refractivity contribution in [3.63, 3.8) is 0 Å². The molecule has 1 aromatic heterocycles. The maximum atomic E-state index is 11.8. The Kier molecular flexibility index (Phi) is 3.67. The lowest BCUT2D eigenvalue weighted by Crippen LogP contribution is -2.35. The van der Waals surface area contributed by atoms with Crippen LogP contribution in [0, 0.1) is 12.8 Å². The van der Waals surface area contributed by atoms with Crippen LogP contribution in [-0.4, -0.2) is 37.6 Å². The molecule has 1 fully saturated rings. The molecule has 18 heavy (non-hydrogen) atoms. The third-order valence-electron chi connectivity index (χ3n) is 2.74. The number of rotatable bonds is 6. The molecule has 100 valence electrons. The Morgan fingerprint density at radius 1 is 1.50 bits per heavy atom. The fraction of sp³-hybridized carbons (Fsp3) is 0.600. The predicted octanol–water partition coefficient (Wildman–Crippen LogP) is -0.477. The minimum Gasteiger partial charge on any atom is -0.355 e. The number of aromatic amines is 1.